The molecule has 0 radical (unpaired) electrons. The number of benzene rings is 3. The van der Waals surface area contributed by atoms with Gasteiger partial charge < -0.3 is 5.32 Å². The van der Waals surface area contributed by atoms with Crippen molar-refractivity contribution in [1.29, 1.82) is 0 Å². The number of fused-ring (bicyclic) bond motifs is 1. The van der Waals surface area contributed by atoms with E-state index in [0.717, 1.165) is 16.5 Å². The van der Waals surface area contributed by atoms with Crippen LogP contribution in [-0.4, -0.2) is 31.0 Å². The topological polar surface area (TPSA) is 116 Å². The zero-order chi connectivity index (χ0) is 20.2. The van der Waals surface area contributed by atoms with E-state index in [-0.39, 0.29) is 30.1 Å². The largest absolute Gasteiger partial charge is 0.320 e. The van der Waals surface area contributed by atoms with Crippen LogP contribution >= 0.6 is 0 Å². The molecule has 1 heterocycles. The summed E-state index contributed by atoms with van der Waals surface area (Å²) < 4.78 is 1.61. The van der Waals surface area contributed by atoms with Crippen LogP contribution in [0.3, 0.4) is 0 Å². The molecule has 4 aromatic rings. The number of anilines is 1. The standard InChI is InChI=1S/C20H16N6O3/c27-20(21-16-9-3-4-10-18(16)26(28)29)13-12-19-22-23-24-25(19)17-11-5-7-14-6-1-2-8-15(14)17/h1-11H,12-13H2,(H,21,27). The molecule has 1 N–H and O–H groups in total. The van der Waals surface area contributed by atoms with Crippen molar-refractivity contribution in [3.8, 4) is 5.69 Å². The average Bonchev–Trinajstić information content (AvgIpc) is 3.20. The highest BCUT2D eigenvalue weighted by Gasteiger charge is 2.16. The van der Waals surface area contributed by atoms with Crippen LogP contribution in [0.25, 0.3) is 16.5 Å². The van der Waals surface area contributed by atoms with E-state index in [0.29, 0.717) is 5.82 Å². The summed E-state index contributed by atoms with van der Waals surface area (Å²) in [5, 5.41) is 27.6. The Bertz CT molecular complexity index is 1200. The van der Waals surface area contributed by atoms with Gasteiger partial charge in [-0.05, 0) is 27.9 Å². The number of para-hydroxylation sites is 2. The van der Waals surface area contributed by atoms with Crippen molar-refractivity contribution in [2.45, 2.75) is 12.8 Å². The molecule has 9 heteroatoms. The molecule has 0 aliphatic heterocycles. The Morgan fingerprint density at radius 3 is 2.66 bits per heavy atom. The highest BCUT2D eigenvalue weighted by Crippen LogP contribution is 2.24. The lowest BCUT2D eigenvalue weighted by atomic mass is 10.1. The lowest BCUT2D eigenvalue weighted by Gasteiger charge is -2.09. The van der Waals surface area contributed by atoms with Gasteiger partial charge in [-0.2, -0.15) is 4.68 Å². The summed E-state index contributed by atoms with van der Waals surface area (Å²) in [5.74, 6) is 0.172. The summed E-state index contributed by atoms with van der Waals surface area (Å²) in [6.07, 6.45) is 0.361. The number of hydrogen-bond acceptors (Lipinski definition) is 6. The summed E-state index contributed by atoms with van der Waals surface area (Å²) in [6.45, 7) is 0. The molecule has 0 aliphatic carbocycles. The second-order valence-corrected chi connectivity index (χ2v) is 6.33. The van der Waals surface area contributed by atoms with Crippen molar-refractivity contribution in [2.75, 3.05) is 5.32 Å². The van der Waals surface area contributed by atoms with Crippen LogP contribution in [0.15, 0.2) is 66.7 Å². The number of aromatic nitrogens is 4. The summed E-state index contributed by atoms with van der Waals surface area (Å²) in [6, 6.07) is 19.7. The third-order valence-electron chi connectivity index (χ3n) is 4.48. The number of nitrogens with one attached hydrogen (secondary N) is 1. The predicted molar refractivity (Wildman–Crippen MR) is 107 cm³/mol. The molecule has 4 rings (SSSR count). The van der Waals surface area contributed by atoms with Gasteiger partial charge >= 0.3 is 0 Å². The van der Waals surface area contributed by atoms with E-state index in [1.807, 2.05) is 42.5 Å². The third-order valence-corrected chi connectivity index (χ3v) is 4.48. The molecular weight excluding hydrogens is 372 g/mol. The minimum atomic E-state index is -0.531. The molecule has 0 spiro atoms. The number of nitro benzene ring substituents is 1. The van der Waals surface area contributed by atoms with Gasteiger partial charge in [-0.25, -0.2) is 0 Å². The second kappa shape index (κ2) is 7.85. The first-order valence-corrected chi connectivity index (χ1v) is 8.92. The molecule has 0 atom stereocenters. The number of nitro groups is 1. The van der Waals surface area contributed by atoms with Crippen molar-refractivity contribution >= 4 is 28.1 Å². The van der Waals surface area contributed by atoms with E-state index >= 15 is 0 Å². The number of carbonyl (C=O) groups is 1. The van der Waals surface area contributed by atoms with Crippen LogP contribution in [-0.2, 0) is 11.2 Å². The highest BCUT2D eigenvalue weighted by atomic mass is 16.6. The van der Waals surface area contributed by atoms with Crippen LogP contribution < -0.4 is 5.32 Å². The molecule has 0 saturated heterocycles. The van der Waals surface area contributed by atoms with Gasteiger partial charge in [-0.1, -0.05) is 48.5 Å². The van der Waals surface area contributed by atoms with Crippen molar-refractivity contribution in [2.24, 2.45) is 0 Å². The van der Waals surface area contributed by atoms with Gasteiger partial charge in [0, 0.05) is 24.3 Å². The molecule has 3 aromatic carbocycles. The fraction of sp³-hybridized carbons (Fsp3) is 0.100. The average molecular weight is 388 g/mol. The fourth-order valence-corrected chi connectivity index (χ4v) is 3.12. The monoisotopic (exact) mass is 388 g/mol. The molecule has 0 unspecified atom stereocenters. The Balaban J connectivity index is 1.52. The maximum Gasteiger partial charge on any atom is 0.292 e. The van der Waals surface area contributed by atoms with Crippen LogP contribution in [0.1, 0.15) is 12.2 Å². The SMILES string of the molecule is O=C(CCc1nnnn1-c1cccc2ccccc12)Nc1ccccc1[N+](=O)[O-]. The normalized spacial score (nSPS) is 10.8. The van der Waals surface area contributed by atoms with Crippen LogP contribution in [0.4, 0.5) is 11.4 Å². The lowest BCUT2D eigenvalue weighted by molar-refractivity contribution is -0.383. The van der Waals surface area contributed by atoms with Crippen molar-refractivity contribution in [3.63, 3.8) is 0 Å². The molecule has 29 heavy (non-hydrogen) atoms. The Kier molecular flexibility index (Phi) is 4.93. The van der Waals surface area contributed by atoms with Gasteiger partial charge in [0.2, 0.25) is 5.91 Å². The molecule has 0 fully saturated rings. The quantitative estimate of drug-likeness (QED) is 0.400. The molecule has 0 aliphatic rings. The summed E-state index contributed by atoms with van der Waals surface area (Å²) >= 11 is 0. The Labute approximate surface area is 165 Å². The maximum atomic E-state index is 12.3. The Morgan fingerprint density at radius 1 is 1.03 bits per heavy atom. The maximum absolute atomic E-state index is 12.3. The summed E-state index contributed by atoms with van der Waals surface area (Å²) in [4.78, 5) is 22.9. The van der Waals surface area contributed by atoms with Crippen LogP contribution in [0, 0.1) is 10.1 Å². The lowest BCUT2D eigenvalue weighted by Crippen LogP contribution is -2.15. The van der Waals surface area contributed by atoms with Crippen molar-refractivity contribution < 1.29 is 9.72 Å². The van der Waals surface area contributed by atoms with E-state index in [9.17, 15) is 14.9 Å². The van der Waals surface area contributed by atoms with Gasteiger partial charge in [-0.15, -0.1) is 5.10 Å². The number of amides is 1. The smallest absolute Gasteiger partial charge is 0.292 e. The second-order valence-electron chi connectivity index (χ2n) is 6.33. The summed E-state index contributed by atoms with van der Waals surface area (Å²) in [5.41, 5.74) is 0.833. The Morgan fingerprint density at radius 2 is 1.79 bits per heavy atom. The fourth-order valence-electron chi connectivity index (χ4n) is 3.12. The number of hydrogen-bond donors (Lipinski definition) is 1. The van der Waals surface area contributed by atoms with Gasteiger partial charge in [-0.3, -0.25) is 14.9 Å². The molecule has 1 amide bonds. The van der Waals surface area contributed by atoms with Crippen molar-refractivity contribution in [1.82, 2.24) is 20.2 Å². The van der Waals surface area contributed by atoms with E-state index in [4.69, 9.17) is 0 Å². The third kappa shape index (κ3) is 3.79. The predicted octanol–water partition coefficient (Wildman–Crippen LogP) is 3.30. The summed E-state index contributed by atoms with van der Waals surface area (Å²) in [7, 11) is 0. The van der Waals surface area contributed by atoms with Crippen LogP contribution in [0.2, 0.25) is 0 Å². The molecule has 0 bridgehead atoms. The van der Waals surface area contributed by atoms with Gasteiger partial charge in [0.1, 0.15) is 5.69 Å². The van der Waals surface area contributed by atoms with Crippen molar-refractivity contribution in [3.05, 3.63) is 82.7 Å². The minimum absolute atomic E-state index is 0.0805. The molecule has 144 valence electrons. The number of tetrazole rings is 1. The van der Waals surface area contributed by atoms with Gasteiger partial charge in [0.15, 0.2) is 5.82 Å². The zero-order valence-electron chi connectivity index (χ0n) is 15.2. The number of carbonyl (C=O) groups excluding carboxylic acids is 1. The number of rotatable bonds is 6. The minimum Gasteiger partial charge on any atom is -0.320 e. The number of nitrogens with zero attached hydrogens (tertiary/aromatic N) is 5. The molecule has 9 nitrogen and oxygen atoms in total. The van der Waals surface area contributed by atoms with E-state index < -0.39 is 4.92 Å². The molecular formula is C20H16N6O3. The van der Waals surface area contributed by atoms with E-state index in [1.54, 1.807) is 16.8 Å². The zero-order valence-corrected chi connectivity index (χ0v) is 15.2. The van der Waals surface area contributed by atoms with E-state index in [2.05, 4.69) is 20.8 Å². The van der Waals surface area contributed by atoms with Gasteiger partial charge in [0.05, 0.1) is 10.6 Å². The first kappa shape index (κ1) is 18.2. The number of aryl methyl sites for hydroxylation is 1. The molecule has 1 aromatic heterocycles. The first-order valence-electron chi connectivity index (χ1n) is 8.92. The molecule has 0 saturated carbocycles. The Hall–Kier alpha value is -4.14. The van der Waals surface area contributed by atoms with Crippen LogP contribution in [0.5, 0.6) is 0 Å². The van der Waals surface area contributed by atoms with E-state index in [1.165, 1.54) is 12.1 Å². The highest BCUT2D eigenvalue weighted by molar-refractivity contribution is 5.93. The van der Waals surface area contributed by atoms with Gasteiger partial charge in [0.25, 0.3) is 5.69 Å². The first-order chi connectivity index (χ1) is 14.1.